The maximum absolute atomic E-state index is 12.5. The first-order chi connectivity index (χ1) is 11.0. The van der Waals surface area contributed by atoms with Crippen molar-refractivity contribution in [3.63, 3.8) is 0 Å². The van der Waals surface area contributed by atoms with E-state index in [-0.39, 0.29) is 12.3 Å². The number of benzene rings is 1. The van der Waals surface area contributed by atoms with Gasteiger partial charge in [-0.3, -0.25) is 9.59 Å². The van der Waals surface area contributed by atoms with Crippen LogP contribution in [0.25, 0.3) is 0 Å². The van der Waals surface area contributed by atoms with Crippen molar-refractivity contribution in [2.75, 3.05) is 14.2 Å². The number of thiophene rings is 1. The van der Waals surface area contributed by atoms with E-state index >= 15 is 0 Å². The minimum atomic E-state index is -0.980. The van der Waals surface area contributed by atoms with Gasteiger partial charge < -0.3 is 19.9 Å². The highest BCUT2D eigenvalue weighted by Crippen LogP contribution is 2.25. The number of rotatable bonds is 7. The van der Waals surface area contributed by atoms with Crippen molar-refractivity contribution in [2.24, 2.45) is 0 Å². The van der Waals surface area contributed by atoms with Crippen LogP contribution in [-0.2, 0) is 4.79 Å². The number of carboxylic acid groups (broad SMARTS) is 1. The van der Waals surface area contributed by atoms with Gasteiger partial charge in [-0.1, -0.05) is 6.07 Å². The van der Waals surface area contributed by atoms with E-state index < -0.39 is 12.0 Å². The molecule has 0 saturated heterocycles. The van der Waals surface area contributed by atoms with Crippen LogP contribution in [0.3, 0.4) is 0 Å². The Balaban J connectivity index is 2.23. The van der Waals surface area contributed by atoms with Gasteiger partial charge in [-0.05, 0) is 23.6 Å². The van der Waals surface area contributed by atoms with Crippen LogP contribution in [0.2, 0.25) is 0 Å². The molecular formula is C16H17NO5S. The summed E-state index contributed by atoms with van der Waals surface area (Å²) in [5.41, 5.74) is 0.341. The molecule has 2 rings (SSSR count). The molecule has 0 radical (unpaired) electrons. The second kappa shape index (κ2) is 7.64. The van der Waals surface area contributed by atoms with Crippen molar-refractivity contribution in [3.8, 4) is 11.5 Å². The van der Waals surface area contributed by atoms with Crippen molar-refractivity contribution >= 4 is 23.2 Å². The van der Waals surface area contributed by atoms with E-state index in [1.165, 1.54) is 25.6 Å². The molecule has 0 spiro atoms. The summed E-state index contributed by atoms with van der Waals surface area (Å²) in [4.78, 5) is 24.3. The van der Waals surface area contributed by atoms with Crippen LogP contribution in [0.15, 0.2) is 35.7 Å². The molecule has 0 aliphatic heterocycles. The van der Waals surface area contributed by atoms with Crippen LogP contribution in [-0.4, -0.2) is 31.2 Å². The van der Waals surface area contributed by atoms with Crippen LogP contribution < -0.4 is 14.8 Å². The zero-order valence-electron chi connectivity index (χ0n) is 12.7. The predicted octanol–water partition coefficient (Wildman–Crippen LogP) is 2.71. The van der Waals surface area contributed by atoms with Gasteiger partial charge in [0, 0.05) is 16.5 Å². The van der Waals surface area contributed by atoms with Crippen molar-refractivity contribution in [1.82, 2.24) is 5.32 Å². The average Bonchev–Trinajstić information content (AvgIpc) is 3.07. The molecule has 0 fully saturated rings. The Morgan fingerprint density at radius 2 is 1.87 bits per heavy atom. The summed E-state index contributed by atoms with van der Waals surface area (Å²) in [5.74, 6) is -0.394. The molecule has 1 amide bonds. The van der Waals surface area contributed by atoms with Crippen LogP contribution >= 0.6 is 11.3 Å². The zero-order valence-corrected chi connectivity index (χ0v) is 13.6. The Kier molecular flexibility index (Phi) is 5.59. The van der Waals surface area contributed by atoms with Gasteiger partial charge in [-0.15, -0.1) is 11.3 Å². The molecular weight excluding hydrogens is 318 g/mol. The molecule has 7 heteroatoms. The van der Waals surface area contributed by atoms with E-state index in [1.54, 1.807) is 24.3 Å². The molecule has 1 aromatic carbocycles. The summed E-state index contributed by atoms with van der Waals surface area (Å²) >= 11 is 1.40. The minimum Gasteiger partial charge on any atom is -0.497 e. The first-order valence-electron chi connectivity index (χ1n) is 6.82. The number of amides is 1. The lowest BCUT2D eigenvalue weighted by Crippen LogP contribution is -2.29. The molecule has 122 valence electrons. The standard InChI is InChI=1S/C16H17NO5S/c1-21-11-6-10(7-12(8-11)22-2)16(20)17-13(9-15(18)19)14-4-3-5-23-14/h3-8,13H,9H2,1-2H3,(H,17,20)(H,18,19)/t13-/m0/s1. The lowest BCUT2D eigenvalue weighted by Gasteiger charge is -2.16. The third kappa shape index (κ3) is 4.46. The molecule has 0 aliphatic rings. The van der Waals surface area contributed by atoms with Crippen molar-refractivity contribution < 1.29 is 24.2 Å². The molecule has 0 bridgehead atoms. The highest BCUT2D eigenvalue weighted by atomic mass is 32.1. The number of methoxy groups -OCH3 is 2. The van der Waals surface area contributed by atoms with Crippen LogP contribution in [0, 0.1) is 0 Å². The number of hydrogen-bond donors (Lipinski definition) is 2. The normalized spacial score (nSPS) is 11.6. The Bertz CT molecular complexity index is 662. The van der Waals surface area contributed by atoms with Gasteiger partial charge in [0.25, 0.3) is 5.91 Å². The maximum Gasteiger partial charge on any atom is 0.305 e. The number of ether oxygens (including phenoxy) is 2. The molecule has 2 N–H and O–H groups in total. The highest BCUT2D eigenvalue weighted by molar-refractivity contribution is 7.10. The Hall–Kier alpha value is -2.54. The molecule has 1 atom stereocenters. The van der Waals surface area contributed by atoms with E-state index in [0.717, 1.165) is 4.88 Å². The SMILES string of the molecule is COc1cc(OC)cc(C(=O)N[C@@H](CC(=O)O)c2cccs2)c1. The van der Waals surface area contributed by atoms with Crippen molar-refractivity contribution in [1.29, 1.82) is 0 Å². The number of carbonyl (C=O) groups is 2. The van der Waals surface area contributed by atoms with Crippen LogP contribution in [0.4, 0.5) is 0 Å². The van der Waals surface area contributed by atoms with Gasteiger partial charge in [-0.25, -0.2) is 0 Å². The summed E-state index contributed by atoms with van der Waals surface area (Å²) in [6.45, 7) is 0. The second-order valence-corrected chi connectivity index (χ2v) is 5.72. The van der Waals surface area contributed by atoms with Crippen molar-refractivity contribution in [3.05, 3.63) is 46.2 Å². The summed E-state index contributed by atoms with van der Waals surface area (Å²) in [6.07, 6.45) is -0.187. The summed E-state index contributed by atoms with van der Waals surface area (Å²) in [5, 5.41) is 13.6. The van der Waals surface area contributed by atoms with Crippen LogP contribution in [0.1, 0.15) is 27.7 Å². The molecule has 23 heavy (non-hydrogen) atoms. The molecule has 6 nitrogen and oxygen atoms in total. The molecule has 0 unspecified atom stereocenters. The third-order valence-corrected chi connectivity index (χ3v) is 4.17. The van der Waals surface area contributed by atoms with E-state index in [9.17, 15) is 9.59 Å². The summed E-state index contributed by atoms with van der Waals surface area (Å²) < 4.78 is 10.3. The Morgan fingerprint density at radius 3 is 2.35 bits per heavy atom. The fourth-order valence-corrected chi connectivity index (χ4v) is 2.84. The Morgan fingerprint density at radius 1 is 1.22 bits per heavy atom. The van der Waals surface area contributed by atoms with Crippen LogP contribution in [0.5, 0.6) is 11.5 Å². The highest BCUT2D eigenvalue weighted by Gasteiger charge is 2.20. The summed E-state index contributed by atoms with van der Waals surface area (Å²) in [7, 11) is 2.99. The number of carbonyl (C=O) groups excluding carboxylic acids is 1. The molecule has 0 saturated carbocycles. The Labute approximate surface area is 137 Å². The largest absolute Gasteiger partial charge is 0.497 e. The maximum atomic E-state index is 12.5. The first kappa shape index (κ1) is 16.8. The van der Waals surface area contributed by atoms with Gasteiger partial charge in [0.05, 0.1) is 26.7 Å². The van der Waals surface area contributed by atoms with Gasteiger partial charge >= 0.3 is 5.97 Å². The first-order valence-corrected chi connectivity index (χ1v) is 7.70. The quantitative estimate of drug-likeness (QED) is 0.813. The number of aliphatic carboxylic acids is 1. The van der Waals surface area contributed by atoms with E-state index in [2.05, 4.69) is 5.32 Å². The predicted molar refractivity (Wildman–Crippen MR) is 86.3 cm³/mol. The average molecular weight is 335 g/mol. The van der Waals surface area contributed by atoms with Crippen molar-refractivity contribution in [2.45, 2.75) is 12.5 Å². The molecule has 1 aromatic heterocycles. The van der Waals surface area contributed by atoms with Gasteiger partial charge in [0.15, 0.2) is 0 Å². The number of carboxylic acids is 1. The van der Waals surface area contributed by atoms with Gasteiger partial charge in [0.1, 0.15) is 11.5 Å². The minimum absolute atomic E-state index is 0.187. The second-order valence-electron chi connectivity index (χ2n) is 4.74. The molecule has 1 heterocycles. The lowest BCUT2D eigenvalue weighted by atomic mass is 10.1. The van der Waals surface area contributed by atoms with Gasteiger partial charge in [0.2, 0.25) is 0 Å². The zero-order chi connectivity index (χ0) is 16.8. The smallest absolute Gasteiger partial charge is 0.305 e. The van der Waals surface area contributed by atoms with E-state index in [4.69, 9.17) is 14.6 Å². The summed E-state index contributed by atoms with van der Waals surface area (Å²) in [6, 6.07) is 7.83. The third-order valence-electron chi connectivity index (χ3n) is 3.18. The fraction of sp³-hybridized carbons (Fsp3) is 0.250. The lowest BCUT2D eigenvalue weighted by molar-refractivity contribution is -0.137. The fourth-order valence-electron chi connectivity index (χ4n) is 2.07. The van der Waals surface area contributed by atoms with E-state index in [0.29, 0.717) is 17.1 Å². The van der Waals surface area contributed by atoms with Gasteiger partial charge in [-0.2, -0.15) is 0 Å². The topological polar surface area (TPSA) is 84.9 Å². The van der Waals surface area contributed by atoms with E-state index in [1.807, 2.05) is 11.4 Å². The number of hydrogen-bond acceptors (Lipinski definition) is 5. The molecule has 0 aliphatic carbocycles. The number of nitrogens with one attached hydrogen (secondary N) is 1. The molecule has 2 aromatic rings. The monoisotopic (exact) mass is 335 g/mol.